The average Bonchev–Trinajstić information content (AvgIpc) is 2.49. The molecular weight excluding hydrogens is 326 g/mol. The van der Waals surface area contributed by atoms with Crippen LogP contribution >= 0.6 is 0 Å². The molecule has 0 radical (unpaired) electrons. The van der Waals surface area contributed by atoms with Crippen molar-refractivity contribution in [3.8, 4) is 5.75 Å². The predicted octanol–water partition coefficient (Wildman–Crippen LogP) is 4.55. The number of halogens is 4. The second-order valence-electron chi connectivity index (χ2n) is 5.18. The summed E-state index contributed by atoms with van der Waals surface area (Å²) in [5.41, 5.74) is 0.995. The molecule has 0 saturated heterocycles. The Bertz CT molecular complexity index is 925. The van der Waals surface area contributed by atoms with E-state index in [9.17, 15) is 22.7 Å². The third kappa shape index (κ3) is 3.08. The minimum atomic E-state index is -4.73. The second kappa shape index (κ2) is 5.63. The third-order valence-electron chi connectivity index (χ3n) is 3.37. The van der Waals surface area contributed by atoms with Gasteiger partial charge in [0.25, 0.3) is 0 Å². The van der Waals surface area contributed by atoms with Crippen molar-refractivity contribution in [3.05, 3.63) is 53.6 Å². The van der Waals surface area contributed by atoms with E-state index in [0.29, 0.717) is 11.3 Å². The number of fused-ring (bicyclic) bond motifs is 1. The highest BCUT2D eigenvalue weighted by molar-refractivity contribution is 5.91. The maximum Gasteiger partial charge on any atom is 0.451 e. The number of aromatic hydroxyl groups is 1. The van der Waals surface area contributed by atoms with Crippen LogP contribution in [-0.2, 0) is 6.18 Å². The van der Waals surface area contributed by atoms with Gasteiger partial charge in [-0.05, 0) is 48.9 Å². The number of aryl methyl sites for hydroxylation is 1. The summed E-state index contributed by atoms with van der Waals surface area (Å²) in [7, 11) is 0. The Labute approximate surface area is 133 Å². The summed E-state index contributed by atoms with van der Waals surface area (Å²) in [6.07, 6.45) is -4.73. The van der Waals surface area contributed by atoms with Gasteiger partial charge in [0.2, 0.25) is 5.82 Å². The lowest BCUT2D eigenvalue weighted by atomic mass is 10.1. The third-order valence-corrected chi connectivity index (χ3v) is 3.37. The maximum atomic E-state index is 13.5. The number of hydrogen-bond donors (Lipinski definition) is 2. The standard InChI is InChI=1S/C16H11F4N3O/c1-8-6-10(24)3-5-12(8)21-14-11-7-9(17)2-4-13(11)22-15(23-14)16(18,19)20/h2-7,24H,1H3,(H,21,22,23). The lowest BCUT2D eigenvalue weighted by molar-refractivity contribution is -0.144. The van der Waals surface area contributed by atoms with Crippen molar-refractivity contribution in [2.24, 2.45) is 0 Å². The number of hydrogen-bond acceptors (Lipinski definition) is 4. The number of anilines is 2. The van der Waals surface area contributed by atoms with Gasteiger partial charge in [0.05, 0.1) is 5.52 Å². The first-order chi connectivity index (χ1) is 11.2. The number of nitrogens with zero attached hydrogens (tertiary/aromatic N) is 2. The molecule has 0 fully saturated rings. The van der Waals surface area contributed by atoms with Gasteiger partial charge in [-0.2, -0.15) is 13.2 Å². The molecule has 2 N–H and O–H groups in total. The van der Waals surface area contributed by atoms with E-state index in [1.54, 1.807) is 6.92 Å². The molecule has 0 aliphatic heterocycles. The summed E-state index contributed by atoms with van der Waals surface area (Å²) in [5, 5.41) is 12.3. The summed E-state index contributed by atoms with van der Waals surface area (Å²) in [6.45, 7) is 1.66. The lowest BCUT2D eigenvalue weighted by Gasteiger charge is -2.14. The van der Waals surface area contributed by atoms with Crippen LogP contribution in [0, 0.1) is 12.7 Å². The molecule has 124 valence electrons. The van der Waals surface area contributed by atoms with E-state index >= 15 is 0 Å². The summed E-state index contributed by atoms with van der Waals surface area (Å²) in [6, 6.07) is 7.57. The first-order valence-electron chi connectivity index (χ1n) is 6.85. The Hall–Kier alpha value is -2.90. The molecule has 1 aromatic heterocycles. The van der Waals surface area contributed by atoms with Gasteiger partial charge in [0.1, 0.15) is 17.4 Å². The van der Waals surface area contributed by atoms with Gasteiger partial charge in [-0.3, -0.25) is 0 Å². The molecule has 3 aromatic rings. The molecular formula is C16H11F4N3O. The van der Waals surface area contributed by atoms with Crippen molar-refractivity contribution in [2.75, 3.05) is 5.32 Å². The Morgan fingerprint density at radius 3 is 2.46 bits per heavy atom. The second-order valence-corrected chi connectivity index (χ2v) is 5.18. The normalized spacial score (nSPS) is 11.7. The summed E-state index contributed by atoms with van der Waals surface area (Å²) in [4.78, 5) is 6.94. The molecule has 0 atom stereocenters. The average molecular weight is 337 g/mol. The number of phenolic OH excluding ortho intramolecular Hbond substituents is 1. The van der Waals surface area contributed by atoms with Gasteiger partial charge in [0, 0.05) is 11.1 Å². The minimum Gasteiger partial charge on any atom is -0.508 e. The molecule has 0 spiro atoms. The van der Waals surface area contributed by atoms with E-state index in [4.69, 9.17) is 0 Å². The predicted molar refractivity (Wildman–Crippen MR) is 80.6 cm³/mol. The van der Waals surface area contributed by atoms with Crippen molar-refractivity contribution >= 4 is 22.4 Å². The van der Waals surface area contributed by atoms with Crippen molar-refractivity contribution < 1.29 is 22.7 Å². The van der Waals surface area contributed by atoms with E-state index in [-0.39, 0.29) is 22.5 Å². The first kappa shape index (κ1) is 16.0. The van der Waals surface area contributed by atoms with Crippen LogP contribution in [0.4, 0.5) is 29.1 Å². The topological polar surface area (TPSA) is 58.0 Å². The van der Waals surface area contributed by atoms with Crippen molar-refractivity contribution in [1.29, 1.82) is 0 Å². The van der Waals surface area contributed by atoms with Crippen LogP contribution in [0.3, 0.4) is 0 Å². The lowest BCUT2D eigenvalue weighted by Crippen LogP contribution is -2.13. The Morgan fingerprint density at radius 1 is 1.04 bits per heavy atom. The van der Waals surface area contributed by atoms with E-state index in [1.165, 1.54) is 18.2 Å². The van der Waals surface area contributed by atoms with Crippen LogP contribution in [0.15, 0.2) is 36.4 Å². The number of alkyl halides is 3. The first-order valence-corrected chi connectivity index (χ1v) is 6.85. The molecule has 0 bridgehead atoms. The van der Waals surface area contributed by atoms with Crippen LogP contribution in [-0.4, -0.2) is 15.1 Å². The van der Waals surface area contributed by atoms with Crippen LogP contribution in [0.5, 0.6) is 5.75 Å². The van der Waals surface area contributed by atoms with E-state index in [0.717, 1.165) is 18.2 Å². The van der Waals surface area contributed by atoms with E-state index in [1.807, 2.05) is 0 Å². The molecule has 2 aromatic carbocycles. The summed E-state index contributed by atoms with van der Waals surface area (Å²) in [5.74, 6) is -2.08. The fourth-order valence-electron chi connectivity index (χ4n) is 2.24. The highest BCUT2D eigenvalue weighted by Crippen LogP contribution is 2.32. The highest BCUT2D eigenvalue weighted by atomic mass is 19.4. The van der Waals surface area contributed by atoms with E-state index in [2.05, 4.69) is 15.3 Å². The van der Waals surface area contributed by atoms with Crippen LogP contribution in [0.1, 0.15) is 11.4 Å². The Balaban J connectivity index is 2.18. The number of benzene rings is 2. The van der Waals surface area contributed by atoms with Crippen molar-refractivity contribution in [1.82, 2.24) is 9.97 Å². The smallest absolute Gasteiger partial charge is 0.451 e. The molecule has 0 saturated carbocycles. The molecule has 24 heavy (non-hydrogen) atoms. The zero-order valence-corrected chi connectivity index (χ0v) is 12.3. The van der Waals surface area contributed by atoms with Crippen molar-refractivity contribution in [2.45, 2.75) is 13.1 Å². The SMILES string of the molecule is Cc1cc(O)ccc1Nc1nc(C(F)(F)F)nc2ccc(F)cc12. The van der Waals surface area contributed by atoms with Crippen LogP contribution in [0.2, 0.25) is 0 Å². The van der Waals surface area contributed by atoms with Gasteiger partial charge in [0.15, 0.2) is 0 Å². The number of nitrogens with one attached hydrogen (secondary N) is 1. The van der Waals surface area contributed by atoms with Gasteiger partial charge >= 0.3 is 6.18 Å². The summed E-state index contributed by atoms with van der Waals surface area (Å²) >= 11 is 0. The van der Waals surface area contributed by atoms with Crippen molar-refractivity contribution in [3.63, 3.8) is 0 Å². The van der Waals surface area contributed by atoms with E-state index < -0.39 is 17.8 Å². The fourth-order valence-corrected chi connectivity index (χ4v) is 2.24. The molecule has 3 rings (SSSR count). The molecule has 0 aliphatic rings. The number of phenols is 1. The molecule has 1 heterocycles. The molecule has 8 heteroatoms. The molecule has 0 unspecified atom stereocenters. The Morgan fingerprint density at radius 2 is 1.79 bits per heavy atom. The number of aromatic nitrogens is 2. The highest BCUT2D eigenvalue weighted by Gasteiger charge is 2.35. The van der Waals surface area contributed by atoms with Gasteiger partial charge in [-0.15, -0.1) is 0 Å². The van der Waals surface area contributed by atoms with Crippen LogP contribution < -0.4 is 5.32 Å². The maximum absolute atomic E-state index is 13.5. The van der Waals surface area contributed by atoms with Gasteiger partial charge < -0.3 is 10.4 Å². The molecule has 0 amide bonds. The quantitative estimate of drug-likeness (QED) is 0.532. The molecule has 4 nitrogen and oxygen atoms in total. The largest absolute Gasteiger partial charge is 0.508 e. The monoisotopic (exact) mass is 337 g/mol. The Kier molecular flexibility index (Phi) is 3.75. The fraction of sp³-hybridized carbons (Fsp3) is 0.125. The number of rotatable bonds is 2. The summed E-state index contributed by atoms with van der Waals surface area (Å²) < 4.78 is 52.4. The van der Waals surface area contributed by atoms with Gasteiger partial charge in [-0.25, -0.2) is 14.4 Å². The van der Waals surface area contributed by atoms with Gasteiger partial charge in [-0.1, -0.05) is 0 Å². The minimum absolute atomic E-state index is 0.0209. The molecule has 0 aliphatic carbocycles. The van der Waals surface area contributed by atoms with Crippen LogP contribution in [0.25, 0.3) is 10.9 Å². The zero-order valence-electron chi connectivity index (χ0n) is 12.3. The zero-order chi connectivity index (χ0) is 17.5.